The van der Waals surface area contributed by atoms with Gasteiger partial charge in [0.2, 0.25) is 0 Å². The summed E-state index contributed by atoms with van der Waals surface area (Å²) in [6.45, 7) is 5.73. The first-order valence-electron chi connectivity index (χ1n) is 7.51. The van der Waals surface area contributed by atoms with Crippen LogP contribution in [-0.2, 0) is 12.0 Å². The fourth-order valence-corrected chi connectivity index (χ4v) is 5.88. The Labute approximate surface area is 109 Å². The highest BCUT2D eigenvalue weighted by atomic mass is 15.3. The highest BCUT2D eigenvalue weighted by Gasteiger charge is 2.57. The second-order valence-electron chi connectivity index (χ2n) is 7.49. The molecule has 4 aliphatic carbocycles. The lowest BCUT2D eigenvalue weighted by atomic mass is 9.44. The minimum absolute atomic E-state index is 0.366. The van der Waals surface area contributed by atoms with Gasteiger partial charge in [0.1, 0.15) is 12.2 Å². The number of nitrogens with zero attached hydrogens (tertiary/aromatic N) is 3. The van der Waals surface area contributed by atoms with Crippen molar-refractivity contribution in [2.75, 3.05) is 0 Å². The SMILES string of the molecule is CCn1cnnc1C12CC3CC(CC(C)(C3)C1)C2. The number of aryl methyl sites for hydroxylation is 1. The van der Waals surface area contributed by atoms with Gasteiger partial charge in [0.05, 0.1) is 0 Å². The molecule has 0 aromatic carbocycles. The molecule has 0 saturated heterocycles. The molecule has 2 atom stereocenters. The Morgan fingerprint density at radius 2 is 2.00 bits per heavy atom. The summed E-state index contributed by atoms with van der Waals surface area (Å²) < 4.78 is 2.29. The van der Waals surface area contributed by atoms with E-state index in [2.05, 4.69) is 28.6 Å². The molecule has 0 aliphatic heterocycles. The van der Waals surface area contributed by atoms with Gasteiger partial charge in [-0.25, -0.2) is 0 Å². The molecule has 3 nitrogen and oxygen atoms in total. The third-order valence-electron chi connectivity index (χ3n) is 5.78. The van der Waals surface area contributed by atoms with Crippen LogP contribution in [0.1, 0.15) is 58.2 Å². The molecule has 18 heavy (non-hydrogen) atoms. The molecule has 98 valence electrons. The van der Waals surface area contributed by atoms with Crippen LogP contribution in [0.5, 0.6) is 0 Å². The number of rotatable bonds is 2. The molecule has 5 rings (SSSR count). The predicted octanol–water partition coefficient (Wildman–Crippen LogP) is 3.16. The quantitative estimate of drug-likeness (QED) is 0.801. The van der Waals surface area contributed by atoms with E-state index in [0.29, 0.717) is 10.8 Å². The van der Waals surface area contributed by atoms with E-state index in [1.807, 2.05) is 6.33 Å². The summed E-state index contributed by atoms with van der Waals surface area (Å²) in [4.78, 5) is 0. The molecule has 1 heterocycles. The van der Waals surface area contributed by atoms with Crippen LogP contribution in [0, 0.1) is 17.3 Å². The Bertz CT molecular complexity index is 462. The normalized spacial score (nSPS) is 45.7. The van der Waals surface area contributed by atoms with E-state index in [9.17, 15) is 0 Å². The van der Waals surface area contributed by atoms with E-state index < -0.39 is 0 Å². The van der Waals surface area contributed by atoms with Gasteiger partial charge in [0, 0.05) is 12.0 Å². The molecular weight excluding hydrogens is 222 g/mol. The van der Waals surface area contributed by atoms with Crippen LogP contribution in [-0.4, -0.2) is 14.8 Å². The van der Waals surface area contributed by atoms with Crippen LogP contribution in [0.15, 0.2) is 6.33 Å². The van der Waals surface area contributed by atoms with Crippen molar-refractivity contribution < 1.29 is 0 Å². The van der Waals surface area contributed by atoms with E-state index in [1.54, 1.807) is 0 Å². The molecule has 1 aromatic heterocycles. The summed E-state index contributed by atoms with van der Waals surface area (Å²) in [7, 11) is 0. The summed E-state index contributed by atoms with van der Waals surface area (Å²) in [5.74, 6) is 3.21. The molecule has 4 bridgehead atoms. The zero-order valence-corrected chi connectivity index (χ0v) is 11.5. The number of aromatic nitrogens is 3. The first-order chi connectivity index (χ1) is 8.62. The average Bonchev–Trinajstić information content (AvgIpc) is 2.73. The minimum atomic E-state index is 0.366. The van der Waals surface area contributed by atoms with E-state index in [0.717, 1.165) is 18.4 Å². The maximum Gasteiger partial charge on any atom is 0.139 e. The monoisotopic (exact) mass is 245 g/mol. The van der Waals surface area contributed by atoms with Gasteiger partial charge < -0.3 is 4.57 Å². The smallest absolute Gasteiger partial charge is 0.139 e. The lowest BCUT2D eigenvalue weighted by molar-refractivity contribution is -0.0660. The molecule has 0 radical (unpaired) electrons. The van der Waals surface area contributed by atoms with Gasteiger partial charge in [-0.3, -0.25) is 0 Å². The van der Waals surface area contributed by atoms with Crippen molar-refractivity contribution in [1.29, 1.82) is 0 Å². The summed E-state index contributed by atoms with van der Waals surface area (Å²) in [5.41, 5.74) is 0.958. The largest absolute Gasteiger partial charge is 0.317 e. The fourth-order valence-electron chi connectivity index (χ4n) is 5.88. The van der Waals surface area contributed by atoms with Gasteiger partial charge in [-0.1, -0.05) is 6.92 Å². The van der Waals surface area contributed by atoms with Crippen molar-refractivity contribution in [3.05, 3.63) is 12.2 Å². The van der Waals surface area contributed by atoms with Crippen molar-refractivity contribution in [2.24, 2.45) is 17.3 Å². The third-order valence-corrected chi connectivity index (χ3v) is 5.78. The summed E-state index contributed by atoms with van der Waals surface area (Å²) in [6, 6.07) is 0. The second-order valence-corrected chi connectivity index (χ2v) is 7.49. The number of hydrogen-bond acceptors (Lipinski definition) is 2. The highest BCUT2D eigenvalue weighted by Crippen LogP contribution is 2.65. The zero-order valence-electron chi connectivity index (χ0n) is 11.5. The summed E-state index contributed by atoms with van der Waals surface area (Å²) in [6.07, 6.45) is 10.4. The molecule has 0 spiro atoms. The summed E-state index contributed by atoms with van der Waals surface area (Å²) >= 11 is 0. The lowest BCUT2D eigenvalue weighted by Gasteiger charge is -2.60. The van der Waals surface area contributed by atoms with Gasteiger partial charge in [-0.15, -0.1) is 10.2 Å². The lowest BCUT2D eigenvalue weighted by Crippen LogP contribution is -2.53. The van der Waals surface area contributed by atoms with Crippen molar-refractivity contribution in [3.63, 3.8) is 0 Å². The van der Waals surface area contributed by atoms with Gasteiger partial charge in [-0.05, 0) is 62.7 Å². The Balaban J connectivity index is 1.80. The van der Waals surface area contributed by atoms with Crippen LogP contribution in [0.4, 0.5) is 0 Å². The van der Waals surface area contributed by atoms with Crippen LogP contribution in [0.2, 0.25) is 0 Å². The standard InChI is InChI=1S/C15H23N3/c1-3-18-10-16-17-13(18)15-7-11-4-12(8-15)6-14(2,5-11)9-15/h10-12H,3-9H2,1-2H3. The van der Waals surface area contributed by atoms with E-state index in [4.69, 9.17) is 0 Å². The molecule has 4 aliphatic rings. The molecular formula is C15H23N3. The molecule has 1 aromatic rings. The topological polar surface area (TPSA) is 30.7 Å². The molecule has 3 heteroatoms. The van der Waals surface area contributed by atoms with Gasteiger partial charge >= 0.3 is 0 Å². The van der Waals surface area contributed by atoms with Gasteiger partial charge in [0.15, 0.2) is 0 Å². The fraction of sp³-hybridized carbons (Fsp3) is 0.867. The molecule has 2 unspecified atom stereocenters. The average molecular weight is 245 g/mol. The molecule has 4 fully saturated rings. The maximum atomic E-state index is 4.52. The number of hydrogen-bond donors (Lipinski definition) is 0. The van der Waals surface area contributed by atoms with Crippen LogP contribution >= 0.6 is 0 Å². The van der Waals surface area contributed by atoms with Crippen molar-refractivity contribution >= 4 is 0 Å². The first kappa shape index (κ1) is 11.0. The highest BCUT2D eigenvalue weighted by molar-refractivity contribution is 5.19. The van der Waals surface area contributed by atoms with Gasteiger partial charge in [0.25, 0.3) is 0 Å². The maximum absolute atomic E-state index is 4.52. The van der Waals surface area contributed by atoms with Crippen LogP contribution in [0.3, 0.4) is 0 Å². The van der Waals surface area contributed by atoms with E-state index in [1.165, 1.54) is 44.3 Å². The second kappa shape index (κ2) is 3.37. The van der Waals surface area contributed by atoms with E-state index in [-0.39, 0.29) is 0 Å². The summed E-state index contributed by atoms with van der Waals surface area (Å²) in [5, 5.41) is 8.71. The molecule has 4 saturated carbocycles. The van der Waals surface area contributed by atoms with Crippen molar-refractivity contribution in [1.82, 2.24) is 14.8 Å². The van der Waals surface area contributed by atoms with Gasteiger partial charge in [-0.2, -0.15) is 0 Å². The molecule has 0 N–H and O–H groups in total. The third kappa shape index (κ3) is 1.36. The van der Waals surface area contributed by atoms with Crippen LogP contribution < -0.4 is 0 Å². The van der Waals surface area contributed by atoms with Crippen LogP contribution in [0.25, 0.3) is 0 Å². The molecule has 0 amide bonds. The Morgan fingerprint density at radius 3 is 2.61 bits per heavy atom. The zero-order chi connectivity index (χ0) is 12.4. The van der Waals surface area contributed by atoms with Crippen molar-refractivity contribution in [3.8, 4) is 0 Å². The minimum Gasteiger partial charge on any atom is -0.317 e. The van der Waals surface area contributed by atoms with E-state index >= 15 is 0 Å². The van der Waals surface area contributed by atoms with Crippen molar-refractivity contribution in [2.45, 2.75) is 64.3 Å². The Morgan fingerprint density at radius 1 is 1.28 bits per heavy atom. The first-order valence-corrected chi connectivity index (χ1v) is 7.51. The Hall–Kier alpha value is -0.860. The predicted molar refractivity (Wildman–Crippen MR) is 70.2 cm³/mol. The Kier molecular flexibility index (Phi) is 2.06.